The second kappa shape index (κ2) is 7.86. The molecule has 0 aliphatic rings. The number of carbonyl (C=O) groups is 1. The molecule has 1 aromatic rings. The molecule has 120 valence electrons. The van der Waals surface area contributed by atoms with Crippen LogP contribution in [0, 0.1) is 22.7 Å². The zero-order valence-electron chi connectivity index (χ0n) is 13.3. The van der Waals surface area contributed by atoms with Crippen molar-refractivity contribution in [3.63, 3.8) is 0 Å². The Balaban J connectivity index is 3.03. The lowest BCUT2D eigenvalue weighted by molar-refractivity contribution is 0.0501. The van der Waals surface area contributed by atoms with Gasteiger partial charge in [-0.2, -0.15) is 10.5 Å². The van der Waals surface area contributed by atoms with Gasteiger partial charge in [0.1, 0.15) is 23.5 Å². The van der Waals surface area contributed by atoms with Gasteiger partial charge in [-0.25, -0.2) is 4.79 Å². The number of nitriles is 2. The van der Waals surface area contributed by atoms with E-state index in [4.69, 9.17) is 15.3 Å². The molecule has 0 saturated heterocycles. The van der Waals surface area contributed by atoms with Crippen molar-refractivity contribution in [2.75, 3.05) is 0 Å². The standard InChI is InChI=1S/C17H19N3O3/c1-17(2,3)23-16(22)20-14(15(21)13(10-18)11-19)9-12-7-5-4-6-8-12/h4-8,14,21H,9H2,1-3H3,(H,20,22). The highest BCUT2D eigenvalue weighted by Gasteiger charge is 2.24. The Bertz CT molecular complexity index is 645. The van der Waals surface area contributed by atoms with Gasteiger partial charge in [-0.05, 0) is 26.3 Å². The highest BCUT2D eigenvalue weighted by atomic mass is 16.6. The van der Waals surface area contributed by atoms with E-state index in [-0.39, 0.29) is 6.42 Å². The smallest absolute Gasteiger partial charge is 0.408 e. The summed E-state index contributed by atoms with van der Waals surface area (Å²) >= 11 is 0. The Morgan fingerprint density at radius 3 is 2.30 bits per heavy atom. The number of nitrogens with one attached hydrogen (secondary N) is 1. The van der Waals surface area contributed by atoms with Crippen molar-refractivity contribution in [3.8, 4) is 12.1 Å². The Hall–Kier alpha value is -2.99. The minimum absolute atomic E-state index is 0.221. The summed E-state index contributed by atoms with van der Waals surface area (Å²) in [5.41, 5.74) is -0.314. The quantitative estimate of drug-likeness (QED) is 0.656. The molecule has 1 aromatic carbocycles. The van der Waals surface area contributed by atoms with E-state index in [1.807, 2.05) is 30.3 Å². The van der Waals surface area contributed by atoms with E-state index >= 15 is 0 Å². The number of alkyl carbamates (subject to hydrolysis) is 1. The summed E-state index contributed by atoms with van der Waals surface area (Å²) in [7, 11) is 0. The molecule has 0 radical (unpaired) electrons. The molecule has 0 spiro atoms. The van der Waals surface area contributed by atoms with Gasteiger partial charge in [0.2, 0.25) is 0 Å². The first-order valence-corrected chi connectivity index (χ1v) is 7.03. The molecule has 6 heteroatoms. The molecule has 6 nitrogen and oxygen atoms in total. The molecule has 0 heterocycles. The molecule has 0 fully saturated rings. The fourth-order valence-corrected chi connectivity index (χ4v) is 1.83. The highest BCUT2D eigenvalue weighted by Crippen LogP contribution is 2.14. The number of hydrogen-bond acceptors (Lipinski definition) is 5. The third kappa shape index (κ3) is 6.11. The van der Waals surface area contributed by atoms with Crippen LogP contribution < -0.4 is 5.32 Å². The van der Waals surface area contributed by atoms with Crippen molar-refractivity contribution in [2.24, 2.45) is 0 Å². The molecule has 0 aromatic heterocycles. The normalized spacial score (nSPS) is 11.5. The van der Waals surface area contributed by atoms with E-state index in [1.54, 1.807) is 32.9 Å². The van der Waals surface area contributed by atoms with E-state index in [2.05, 4.69) is 5.32 Å². The van der Waals surface area contributed by atoms with Crippen molar-refractivity contribution in [2.45, 2.75) is 38.8 Å². The van der Waals surface area contributed by atoms with Crippen LogP contribution in [0.1, 0.15) is 26.3 Å². The summed E-state index contributed by atoms with van der Waals surface area (Å²) < 4.78 is 5.15. The number of hydrogen-bond donors (Lipinski definition) is 2. The largest absolute Gasteiger partial charge is 0.508 e. The maximum absolute atomic E-state index is 11.9. The Labute approximate surface area is 135 Å². The summed E-state index contributed by atoms with van der Waals surface area (Å²) in [6, 6.07) is 11.4. The molecule has 0 bridgehead atoms. The van der Waals surface area contributed by atoms with Crippen molar-refractivity contribution >= 4 is 6.09 Å². The van der Waals surface area contributed by atoms with E-state index in [1.165, 1.54) is 0 Å². The molecule has 23 heavy (non-hydrogen) atoms. The summed E-state index contributed by atoms with van der Waals surface area (Å²) in [5, 5.41) is 30.4. The molecule has 0 saturated carbocycles. The van der Waals surface area contributed by atoms with Crippen LogP contribution in [-0.4, -0.2) is 22.8 Å². The molecular formula is C17H19N3O3. The van der Waals surface area contributed by atoms with Gasteiger partial charge < -0.3 is 15.2 Å². The van der Waals surface area contributed by atoms with Crippen LogP contribution in [0.2, 0.25) is 0 Å². The number of ether oxygens (including phenoxy) is 1. The topological polar surface area (TPSA) is 106 Å². The predicted octanol–water partition coefficient (Wildman–Crippen LogP) is 2.98. The summed E-state index contributed by atoms with van der Waals surface area (Å²) in [6.45, 7) is 5.14. The molecule has 1 rings (SSSR count). The van der Waals surface area contributed by atoms with Gasteiger partial charge in [0.05, 0.1) is 6.04 Å². The van der Waals surface area contributed by atoms with E-state index in [9.17, 15) is 9.90 Å². The van der Waals surface area contributed by atoms with Crippen molar-refractivity contribution < 1.29 is 14.6 Å². The van der Waals surface area contributed by atoms with Gasteiger partial charge in [0.15, 0.2) is 5.57 Å². The minimum atomic E-state index is -0.929. The van der Waals surface area contributed by atoms with E-state index < -0.39 is 29.1 Å². The molecule has 1 atom stereocenters. The highest BCUT2D eigenvalue weighted by molar-refractivity contribution is 5.69. The molecular weight excluding hydrogens is 294 g/mol. The molecule has 1 unspecified atom stereocenters. The zero-order valence-corrected chi connectivity index (χ0v) is 13.3. The molecule has 1 amide bonds. The third-order valence-corrected chi connectivity index (χ3v) is 2.78. The Morgan fingerprint density at radius 2 is 1.83 bits per heavy atom. The minimum Gasteiger partial charge on any atom is -0.508 e. The average Bonchev–Trinajstić information content (AvgIpc) is 2.47. The lowest BCUT2D eigenvalue weighted by Gasteiger charge is -2.23. The zero-order chi connectivity index (χ0) is 17.5. The van der Waals surface area contributed by atoms with Crippen molar-refractivity contribution in [1.29, 1.82) is 10.5 Å². The lowest BCUT2D eigenvalue weighted by Crippen LogP contribution is -2.41. The average molecular weight is 313 g/mol. The Kier molecular flexibility index (Phi) is 6.17. The molecule has 0 aliphatic carbocycles. The maximum atomic E-state index is 11.9. The van der Waals surface area contributed by atoms with Crippen LogP contribution in [0.25, 0.3) is 0 Å². The molecule has 2 N–H and O–H groups in total. The monoisotopic (exact) mass is 313 g/mol. The number of nitrogens with zero attached hydrogens (tertiary/aromatic N) is 2. The first kappa shape index (κ1) is 18.1. The van der Waals surface area contributed by atoms with Crippen LogP contribution in [0.5, 0.6) is 0 Å². The number of carbonyl (C=O) groups excluding carboxylic acids is 1. The van der Waals surface area contributed by atoms with Crippen LogP contribution in [0.4, 0.5) is 4.79 Å². The SMILES string of the molecule is CC(C)(C)OC(=O)NC(Cc1ccccc1)C(O)=C(C#N)C#N. The fraction of sp³-hybridized carbons (Fsp3) is 0.353. The number of aliphatic hydroxyl groups is 1. The maximum Gasteiger partial charge on any atom is 0.408 e. The van der Waals surface area contributed by atoms with Crippen LogP contribution >= 0.6 is 0 Å². The van der Waals surface area contributed by atoms with Gasteiger partial charge in [0, 0.05) is 6.42 Å². The van der Waals surface area contributed by atoms with Gasteiger partial charge in [-0.15, -0.1) is 0 Å². The summed E-state index contributed by atoms with van der Waals surface area (Å²) in [6.07, 6.45) is -0.515. The van der Waals surface area contributed by atoms with Crippen LogP contribution in [-0.2, 0) is 11.2 Å². The van der Waals surface area contributed by atoms with Crippen molar-refractivity contribution in [1.82, 2.24) is 5.32 Å². The number of allylic oxidation sites excluding steroid dienone is 1. The van der Waals surface area contributed by atoms with E-state index in [0.29, 0.717) is 0 Å². The van der Waals surface area contributed by atoms with Gasteiger partial charge in [-0.3, -0.25) is 0 Å². The third-order valence-electron chi connectivity index (χ3n) is 2.78. The summed E-state index contributed by atoms with van der Waals surface area (Å²) in [4.78, 5) is 11.9. The first-order chi connectivity index (χ1) is 10.8. The Morgan fingerprint density at radius 1 is 1.26 bits per heavy atom. The predicted molar refractivity (Wildman–Crippen MR) is 84.2 cm³/mol. The number of aliphatic hydroxyl groups excluding tert-OH is 1. The van der Waals surface area contributed by atoms with E-state index in [0.717, 1.165) is 5.56 Å². The fourth-order valence-electron chi connectivity index (χ4n) is 1.83. The van der Waals surface area contributed by atoms with Gasteiger partial charge in [-0.1, -0.05) is 30.3 Å². The number of rotatable bonds is 4. The second-order valence-electron chi connectivity index (χ2n) is 5.87. The number of benzene rings is 1. The number of amides is 1. The van der Waals surface area contributed by atoms with Crippen LogP contribution in [0.3, 0.4) is 0 Å². The summed E-state index contributed by atoms with van der Waals surface area (Å²) in [5.74, 6) is -0.482. The van der Waals surface area contributed by atoms with Gasteiger partial charge in [0.25, 0.3) is 0 Å². The molecule has 0 aliphatic heterocycles. The van der Waals surface area contributed by atoms with Gasteiger partial charge >= 0.3 is 6.09 Å². The second-order valence-corrected chi connectivity index (χ2v) is 5.87. The lowest BCUT2D eigenvalue weighted by atomic mass is 10.0. The van der Waals surface area contributed by atoms with Crippen molar-refractivity contribution in [3.05, 3.63) is 47.2 Å². The first-order valence-electron chi connectivity index (χ1n) is 7.03. The van der Waals surface area contributed by atoms with Crippen LogP contribution in [0.15, 0.2) is 41.7 Å².